The lowest BCUT2D eigenvalue weighted by Crippen LogP contribution is -2.16. The van der Waals surface area contributed by atoms with Crippen molar-refractivity contribution in [1.82, 2.24) is 9.78 Å². The lowest BCUT2D eigenvalue weighted by molar-refractivity contribution is -0.141. The second-order valence-corrected chi connectivity index (χ2v) is 3.54. The molecule has 2 atom stereocenters. The number of aromatic nitrogens is 2. The molecule has 1 heterocycles. The van der Waals surface area contributed by atoms with Crippen LogP contribution in [0.3, 0.4) is 0 Å². The molecule has 0 radical (unpaired) electrons. The Morgan fingerprint density at radius 2 is 2.29 bits per heavy atom. The van der Waals surface area contributed by atoms with Gasteiger partial charge >= 0.3 is 5.97 Å². The number of aryl methyl sites for hydroxylation is 1. The Kier molecular flexibility index (Phi) is 3.28. The van der Waals surface area contributed by atoms with Crippen molar-refractivity contribution >= 4 is 5.97 Å². The Bertz CT molecular complexity index is 320. The zero-order chi connectivity index (χ0) is 10.7. The molecule has 1 rings (SSSR count). The van der Waals surface area contributed by atoms with Crippen LogP contribution >= 0.6 is 0 Å². The number of carboxylic acids is 1. The van der Waals surface area contributed by atoms with Gasteiger partial charge in [0.15, 0.2) is 0 Å². The zero-order valence-corrected chi connectivity index (χ0v) is 8.77. The summed E-state index contributed by atoms with van der Waals surface area (Å²) in [5.74, 6) is -1.13. The fourth-order valence-electron chi connectivity index (χ4n) is 1.29. The number of aliphatic carboxylic acids is 1. The van der Waals surface area contributed by atoms with Crippen LogP contribution in [-0.4, -0.2) is 20.9 Å². The minimum absolute atomic E-state index is 0.00722. The monoisotopic (exact) mass is 196 g/mol. The smallest absolute Gasteiger partial charge is 0.306 e. The second-order valence-electron chi connectivity index (χ2n) is 3.54. The van der Waals surface area contributed by atoms with Crippen molar-refractivity contribution in [3.8, 4) is 0 Å². The van der Waals surface area contributed by atoms with Gasteiger partial charge in [-0.2, -0.15) is 5.10 Å². The van der Waals surface area contributed by atoms with Gasteiger partial charge in [-0.15, -0.1) is 0 Å². The Morgan fingerprint density at radius 1 is 1.64 bits per heavy atom. The van der Waals surface area contributed by atoms with E-state index in [1.807, 2.05) is 20.0 Å². The molecule has 0 saturated heterocycles. The second kappa shape index (κ2) is 4.26. The first-order chi connectivity index (χ1) is 6.56. The number of nitrogens with zero attached hydrogens (tertiary/aromatic N) is 2. The molecular weight excluding hydrogens is 180 g/mol. The average molecular weight is 196 g/mol. The quantitative estimate of drug-likeness (QED) is 0.797. The maximum absolute atomic E-state index is 10.8. The van der Waals surface area contributed by atoms with Crippen molar-refractivity contribution in [2.24, 2.45) is 5.92 Å². The maximum atomic E-state index is 10.8. The molecule has 0 spiro atoms. The van der Waals surface area contributed by atoms with E-state index in [1.165, 1.54) is 0 Å². The Hall–Kier alpha value is -1.32. The predicted octanol–water partition coefficient (Wildman–Crippen LogP) is 1.73. The normalized spacial score (nSPS) is 15.1. The number of carboxylic acid groups (broad SMARTS) is 1. The summed E-state index contributed by atoms with van der Waals surface area (Å²) in [4.78, 5) is 10.8. The maximum Gasteiger partial charge on any atom is 0.306 e. The van der Waals surface area contributed by atoms with Crippen LogP contribution in [-0.2, 0) is 11.3 Å². The van der Waals surface area contributed by atoms with Crippen molar-refractivity contribution in [2.75, 3.05) is 0 Å². The summed E-state index contributed by atoms with van der Waals surface area (Å²) in [6.07, 6.45) is 3.65. The highest BCUT2D eigenvalue weighted by Gasteiger charge is 2.21. The van der Waals surface area contributed by atoms with Gasteiger partial charge in [-0.1, -0.05) is 13.8 Å². The van der Waals surface area contributed by atoms with Crippen molar-refractivity contribution in [3.05, 3.63) is 18.0 Å². The highest BCUT2D eigenvalue weighted by atomic mass is 16.4. The highest BCUT2D eigenvalue weighted by Crippen LogP contribution is 2.23. The molecule has 0 saturated carbocycles. The van der Waals surface area contributed by atoms with Gasteiger partial charge in [0, 0.05) is 12.7 Å². The third kappa shape index (κ3) is 2.13. The zero-order valence-electron chi connectivity index (χ0n) is 8.77. The molecule has 0 aliphatic heterocycles. The summed E-state index contributed by atoms with van der Waals surface area (Å²) in [6.45, 7) is 6.45. The van der Waals surface area contributed by atoms with Crippen LogP contribution in [0.1, 0.15) is 32.3 Å². The molecule has 0 aromatic carbocycles. The molecule has 0 aliphatic rings. The SMILES string of the molecule is CCn1cc(C(C)C(C)C(=O)O)cn1. The standard InChI is InChI=1S/C10H16N2O2/c1-4-12-6-9(5-11-12)7(2)8(3)10(13)14/h5-8H,4H2,1-3H3,(H,13,14). The molecule has 1 N–H and O–H groups in total. The summed E-state index contributed by atoms with van der Waals surface area (Å²) < 4.78 is 1.81. The molecule has 0 fully saturated rings. The van der Waals surface area contributed by atoms with Gasteiger partial charge in [-0.25, -0.2) is 0 Å². The topological polar surface area (TPSA) is 55.1 Å². The van der Waals surface area contributed by atoms with Crippen LogP contribution in [0.2, 0.25) is 0 Å². The molecule has 0 bridgehead atoms. The first-order valence-corrected chi connectivity index (χ1v) is 4.81. The van der Waals surface area contributed by atoms with Crippen LogP contribution in [0.25, 0.3) is 0 Å². The molecular formula is C10H16N2O2. The molecule has 78 valence electrons. The van der Waals surface area contributed by atoms with Crippen molar-refractivity contribution in [1.29, 1.82) is 0 Å². The van der Waals surface area contributed by atoms with Gasteiger partial charge in [-0.05, 0) is 18.4 Å². The minimum atomic E-state index is -0.762. The van der Waals surface area contributed by atoms with Crippen LogP contribution in [0, 0.1) is 5.92 Å². The van der Waals surface area contributed by atoms with Crippen LogP contribution in [0.15, 0.2) is 12.4 Å². The Balaban J connectivity index is 2.78. The van der Waals surface area contributed by atoms with E-state index in [0.29, 0.717) is 0 Å². The van der Waals surface area contributed by atoms with Crippen LogP contribution < -0.4 is 0 Å². The van der Waals surface area contributed by atoms with E-state index in [9.17, 15) is 4.79 Å². The minimum Gasteiger partial charge on any atom is -0.481 e. The fraction of sp³-hybridized carbons (Fsp3) is 0.600. The third-order valence-corrected chi connectivity index (χ3v) is 2.64. The van der Waals surface area contributed by atoms with E-state index in [4.69, 9.17) is 5.11 Å². The molecule has 0 aliphatic carbocycles. The molecule has 1 aromatic heterocycles. The molecule has 4 heteroatoms. The van der Waals surface area contributed by atoms with Crippen LogP contribution in [0.4, 0.5) is 0 Å². The average Bonchev–Trinajstić information content (AvgIpc) is 2.63. The molecule has 14 heavy (non-hydrogen) atoms. The predicted molar refractivity (Wildman–Crippen MR) is 53.1 cm³/mol. The van der Waals surface area contributed by atoms with Crippen LogP contribution in [0.5, 0.6) is 0 Å². The van der Waals surface area contributed by atoms with Crippen molar-refractivity contribution < 1.29 is 9.90 Å². The summed E-state index contributed by atoms with van der Waals surface area (Å²) in [7, 11) is 0. The van der Waals surface area contributed by atoms with E-state index in [2.05, 4.69) is 5.10 Å². The summed E-state index contributed by atoms with van der Waals surface area (Å²) in [5, 5.41) is 13.0. The lowest BCUT2D eigenvalue weighted by atomic mass is 9.91. The van der Waals surface area contributed by atoms with Gasteiger partial charge in [0.05, 0.1) is 12.1 Å². The Morgan fingerprint density at radius 3 is 2.71 bits per heavy atom. The van der Waals surface area contributed by atoms with Gasteiger partial charge in [0.1, 0.15) is 0 Å². The number of hydrogen-bond donors (Lipinski definition) is 1. The van der Waals surface area contributed by atoms with E-state index in [1.54, 1.807) is 17.8 Å². The van der Waals surface area contributed by atoms with Gasteiger partial charge in [0.25, 0.3) is 0 Å². The van der Waals surface area contributed by atoms with Gasteiger partial charge in [0.2, 0.25) is 0 Å². The van der Waals surface area contributed by atoms with E-state index in [-0.39, 0.29) is 11.8 Å². The van der Waals surface area contributed by atoms with E-state index < -0.39 is 5.97 Å². The first-order valence-electron chi connectivity index (χ1n) is 4.81. The molecule has 0 amide bonds. The van der Waals surface area contributed by atoms with Gasteiger partial charge < -0.3 is 5.11 Å². The highest BCUT2D eigenvalue weighted by molar-refractivity contribution is 5.70. The largest absolute Gasteiger partial charge is 0.481 e. The molecule has 4 nitrogen and oxygen atoms in total. The molecule has 1 aromatic rings. The van der Waals surface area contributed by atoms with Gasteiger partial charge in [-0.3, -0.25) is 9.48 Å². The van der Waals surface area contributed by atoms with Crippen molar-refractivity contribution in [3.63, 3.8) is 0 Å². The Labute approximate surface area is 83.5 Å². The number of rotatable bonds is 4. The third-order valence-electron chi connectivity index (χ3n) is 2.64. The first kappa shape index (κ1) is 10.8. The molecule has 2 unspecified atom stereocenters. The number of hydrogen-bond acceptors (Lipinski definition) is 2. The lowest BCUT2D eigenvalue weighted by Gasteiger charge is -2.13. The summed E-state index contributed by atoms with van der Waals surface area (Å²) >= 11 is 0. The fourth-order valence-corrected chi connectivity index (χ4v) is 1.29. The number of carbonyl (C=O) groups is 1. The van der Waals surface area contributed by atoms with E-state index >= 15 is 0 Å². The summed E-state index contributed by atoms with van der Waals surface area (Å²) in [6, 6.07) is 0. The summed E-state index contributed by atoms with van der Waals surface area (Å²) in [5.41, 5.74) is 0.988. The van der Waals surface area contributed by atoms with E-state index in [0.717, 1.165) is 12.1 Å². The van der Waals surface area contributed by atoms with Crippen molar-refractivity contribution in [2.45, 2.75) is 33.2 Å².